The first-order valence-corrected chi connectivity index (χ1v) is 7.86. The summed E-state index contributed by atoms with van der Waals surface area (Å²) in [6.45, 7) is -0.213. The molecule has 2 N–H and O–H groups in total. The molecule has 24 heavy (non-hydrogen) atoms. The number of ether oxygens (including phenoxy) is 1. The molecule has 0 spiro atoms. The van der Waals surface area contributed by atoms with Crippen LogP contribution in [0.15, 0.2) is 52.0 Å². The number of halogens is 2. The van der Waals surface area contributed by atoms with Gasteiger partial charge in [0.2, 0.25) is 0 Å². The lowest BCUT2D eigenvalue weighted by Gasteiger charge is -2.07. The van der Waals surface area contributed by atoms with Gasteiger partial charge in [-0.25, -0.2) is 10.2 Å². The van der Waals surface area contributed by atoms with E-state index in [0.29, 0.717) is 20.8 Å². The molecule has 0 aliphatic heterocycles. The normalized spacial score (nSPS) is 10.6. The molecular weight excluding hydrogens is 400 g/mol. The Labute approximate surface area is 151 Å². The SMILES string of the molecule is O=C(COc1ccc(Cl)cc1Br)NN=Cc1ccc(C(=O)O)cc1. The first-order chi connectivity index (χ1) is 11.5. The van der Waals surface area contributed by atoms with Crippen molar-refractivity contribution in [1.82, 2.24) is 5.43 Å². The van der Waals surface area contributed by atoms with Gasteiger partial charge in [-0.05, 0) is 51.8 Å². The summed E-state index contributed by atoms with van der Waals surface area (Å²) in [6.07, 6.45) is 1.40. The molecule has 0 bridgehead atoms. The number of aromatic carboxylic acids is 1. The first-order valence-electron chi connectivity index (χ1n) is 6.69. The minimum absolute atomic E-state index is 0.179. The van der Waals surface area contributed by atoms with Crippen molar-refractivity contribution < 1.29 is 19.4 Å². The Hall–Kier alpha value is -2.38. The van der Waals surface area contributed by atoms with Gasteiger partial charge < -0.3 is 9.84 Å². The van der Waals surface area contributed by atoms with E-state index in [0.717, 1.165) is 0 Å². The third-order valence-electron chi connectivity index (χ3n) is 2.81. The van der Waals surface area contributed by atoms with Crippen LogP contribution >= 0.6 is 27.5 Å². The standard InChI is InChI=1S/C16H12BrClN2O4/c17-13-7-12(18)5-6-14(13)24-9-15(21)20-19-8-10-1-3-11(4-2-10)16(22)23/h1-8H,9H2,(H,20,21)(H,22,23). The van der Waals surface area contributed by atoms with E-state index >= 15 is 0 Å². The molecule has 2 rings (SSSR count). The second kappa shape index (κ2) is 8.47. The Morgan fingerprint density at radius 1 is 1.25 bits per heavy atom. The van der Waals surface area contributed by atoms with Gasteiger partial charge in [-0.3, -0.25) is 4.79 Å². The third-order valence-corrected chi connectivity index (χ3v) is 3.67. The van der Waals surface area contributed by atoms with Crippen molar-refractivity contribution in [2.24, 2.45) is 5.10 Å². The molecule has 0 radical (unpaired) electrons. The van der Waals surface area contributed by atoms with E-state index in [4.69, 9.17) is 21.4 Å². The van der Waals surface area contributed by atoms with Crippen LogP contribution in [0.3, 0.4) is 0 Å². The molecule has 2 aromatic rings. The van der Waals surface area contributed by atoms with Crippen LogP contribution in [-0.4, -0.2) is 29.8 Å². The van der Waals surface area contributed by atoms with Crippen LogP contribution in [0.1, 0.15) is 15.9 Å². The van der Waals surface area contributed by atoms with E-state index in [1.807, 2.05) is 0 Å². The molecule has 6 nitrogen and oxygen atoms in total. The lowest BCUT2D eigenvalue weighted by molar-refractivity contribution is -0.123. The number of carbonyl (C=O) groups is 2. The quantitative estimate of drug-likeness (QED) is 0.564. The van der Waals surface area contributed by atoms with Gasteiger partial charge in [-0.1, -0.05) is 23.7 Å². The fourth-order valence-electron chi connectivity index (χ4n) is 1.66. The first kappa shape index (κ1) is 18.0. The summed E-state index contributed by atoms with van der Waals surface area (Å²) in [7, 11) is 0. The van der Waals surface area contributed by atoms with E-state index in [1.165, 1.54) is 18.3 Å². The van der Waals surface area contributed by atoms with E-state index in [9.17, 15) is 9.59 Å². The summed E-state index contributed by atoms with van der Waals surface area (Å²) in [5.74, 6) is -0.949. The maximum Gasteiger partial charge on any atom is 0.335 e. The molecule has 2 aromatic carbocycles. The van der Waals surface area contributed by atoms with Gasteiger partial charge >= 0.3 is 5.97 Å². The highest BCUT2D eigenvalue weighted by Gasteiger charge is 2.05. The number of hydrazone groups is 1. The summed E-state index contributed by atoms with van der Waals surface area (Å²) in [4.78, 5) is 22.4. The Balaban J connectivity index is 1.83. The maximum absolute atomic E-state index is 11.7. The van der Waals surface area contributed by atoms with Gasteiger partial charge in [0.15, 0.2) is 6.61 Å². The lowest BCUT2D eigenvalue weighted by Crippen LogP contribution is -2.24. The van der Waals surface area contributed by atoms with Crippen molar-refractivity contribution in [1.29, 1.82) is 0 Å². The fourth-order valence-corrected chi connectivity index (χ4v) is 2.46. The van der Waals surface area contributed by atoms with Gasteiger partial charge in [0.05, 0.1) is 16.3 Å². The van der Waals surface area contributed by atoms with Crippen LogP contribution in [0.2, 0.25) is 5.02 Å². The van der Waals surface area contributed by atoms with Gasteiger partial charge in [0, 0.05) is 5.02 Å². The van der Waals surface area contributed by atoms with Gasteiger partial charge in [0.1, 0.15) is 5.75 Å². The number of carboxylic acid groups (broad SMARTS) is 1. The Morgan fingerprint density at radius 3 is 2.58 bits per heavy atom. The summed E-state index contributed by atoms with van der Waals surface area (Å²) < 4.78 is 5.99. The van der Waals surface area contributed by atoms with Crippen LogP contribution in [0.4, 0.5) is 0 Å². The highest BCUT2D eigenvalue weighted by Crippen LogP contribution is 2.27. The molecule has 124 valence electrons. The molecule has 0 aliphatic rings. The molecule has 0 aromatic heterocycles. The Bertz CT molecular complexity index is 778. The number of nitrogens with one attached hydrogen (secondary N) is 1. The van der Waals surface area contributed by atoms with Crippen molar-refractivity contribution in [2.45, 2.75) is 0 Å². The van der Waals surface area contributed by atoms with E-state index in [2.05, 4.69) is 26.5 Å². The van der Waals surface area contributed by atoms with Crippen molar-refractivity contribution >= 4 is 45.6 Å². The van der Waals surface area contributed by atoms with Crippen molar-refractivity contribution in [2.75, 3.05) is 6.61 Å². The zero-order valence-electron chi connectivity index (χ0n) is 12.2. The number of benzene rings is 2. The van der Waals surface area contributed by atoms with Gasteiger partial charge in [0.25, 0.3) is 5.91 Å². The number of amides is 1. The molecule has 8 heteroatoms. The summed E-state index contributed by atoms with van der Waals surface area (Å²) >= 11 is 9.10. The molecule has 0 heterocycles. The number of rotatable bonds is 6. The minimum atomic E-state index is -1.00. The predicted octanol–water partition coefficient (Wildman–Crippen LogP) is 3.33. The number of hydrogen-bond acceptors (Lipinski definition) is 4. The van der Waals surface area contributed by atoms with Crippen LogP contribution < -0.4 is 10.2 Å². The highest BCUT2D eigenvalue weighted by atomic mass is 79.9. The van der Waals surface area contributed by atoms with Crippen molar-refractivity contribution in [3.63, 3.8) is 0 Å². The second-order valence-electron chi connectivity index (χ2n) is 4.58. The molecule has 1 amide bonds. The number of hydrogen-bond donors (Lipinski definition) is 2. The molecule has 0 atom stereocenters. The average Bonchev–Trinajstić information content (AvgIpc) is 2.54. The van der Waals surface area contributed by atoms with E-state index in [1.54, 1.807) is 30.3 Å². The summed E-state index contributed by atoms with van der Waals surface area (Å²) in [6, 6.07) is 11.0. The minimum Gasteiger partial charge on any atom is -0.483 e. The summed E-state index contributed by atoms with van der Waals surface area (Å²) in [5.41, 5.74) is 3.15. The second-order valence-corrected chi connectivity index (χ2v) is 5.87. The van der Waals surface area contributed by atoms with Gasteiger partial charge in [-0.2, -0.15) is 5.10 Å². The zero-order chi connectivity index (χ0) is 17.5. The van der Waals surface area contributed by atoms with Crippen LogP contribution in [0.5, 0.6) is 5.75 Å². The van der Waals surface area contributed by atoms with Gasteiger partial charge in [-0.15, -0.1) is 0 Å². The largest absolute Gasteiger partial charge is 0.483 e. The predicted molar refractivity (Wildman–Crippen MR) is 93.8 cm³/mol. The van der Waals surface area contributed by atoms with Crippen molar-refractivity contribution in [3.8, 4) is 5.75 Å². The zero-order valence-corrected chi connectivity index (χ0v) is 14.5. The fraction of sp³-hybridized carbons (Fsp3) is 0.0625. The van der Waals surface area contributed by atoms with Crippen molar-refractivity contribution in [3.05, 3.63) is 63.1 Å². The smallest absolute Gasteiger partial charge is 0.335 e. The number of carboxylic acids is 1. The number of nitrogens with zero attached hydrogens (tertiary/aromatic N) is 1. The molecule has 0 saturated heterocycles. The van der Waals surface area contributed by atoms with E-state index in [-0.39, 0.29) is 12.2 Å². The maximum atomic E-state index is 11.7. The van der Waals surface area contributed by atoms with Crippen LogP contribution in [0.25, 0.3) is 0 Å². The average molecular weight is 412 g/mol. The molecular formula is C16H12BrClN2O4. The molecule has 0 fully saturated rings. The highest BCUT2D eigenvalue weighted by molar-refractivity contribution is 9.10. The summed E-state index contributed by atoms with van der Waals surface area (Å²) in [5, 5.41) is 13.1. The van der Waals surface area contributed by atoms with Crippen LogP contribution in [-0.2, 0) is 4.79 Å². The Morgan fingerprint density at radius 2 is 1.96 bits per heavy atom. The molecule has 0 unspecified atom stereocenters. The molecule has 0 saturated carbocycles. The number of carbonyl (C=O) groups excluding carboxylic acids is 1. The van der Waals surface area contributed by atoms with E-state index < -0.39 is 11.9 Å². The third kappa shape index (κ3) is 5.36. The topological polar surface area (TPSA) is 88.0 Å². The lowest BCUT2D eigenvalue weighted by atomic mass is 10.1. The molecule has 0 aliphatic carbocycles. The monoisotopic (exact) mass is 410 g/mol. The van der Waals surface area contributed by atoms with Crippen LogP contribution in [0, 0.1) is 0 Å². The Kier molecular flexibility index (Phi) is 6.34.